The van der Waals surface area contributed by atoms with Crippen molar-refractivity contribution in [2.45, 2.75) is 27.7 Å². The van der Waals surface area contributed by atoms with Gasteiger partial charge in [-0.3, -0.25) is 0 Å². The van der Waals surface area contributed by atoms with Crippen LogP contribution in [0.3, 0.4) is 0 Å². The summed E-state index contributed by atoms with van der Waals surface area (Å²) in [4.78, 5) is 57.6. The number of esters is 2. The van der Waals surface area contributed by atoms with Gasteiger partial charge in [0.1, 0.15) is 22.4 Å². The number of ether oxygens (including phenoxy) is 2. The molecule has 14 heteroatoms. The number of benzene rings is 4. The number of carbonyl (C=O) groups is 2. The maximum absolute atomic E-state index is 12.3. The average molecular weight is 859 g/mol. The van der Waals surface area contributed by atoms with E-state index < -0.39 is 23.2 Å². The Hall–Kier alpha value is -5.86. The van der Waals surface area contributed by atoms with Crippen molar-refractivity contribution in [2.75, 3.05) is 24.9 Å². The second-order valence-corrected chi connectivity index (χ2v) is 13.7. The van der Waals surface area contributed by atoms with Gasteiger partial charge in [-0.05, 0) is 98.5 Å². The summed E-state index contributed by atoms with van der Waals surface area (Å²) in [5.74, 6) is -1.24. The number of anilines is 2. The maximum Gasteiger partial charge on any atom is 0.362 e. The van der Waals surface area contributed by atoms with Gasteiger partial charge in [0.05, 0.1) is 14.2 Å². The molecule has 0 bridgehead atoms. The second-order valence-electron chi connectivity index (χ2n) is 11.9. The summed E-state index contributed by atoms with van der Waals surface area (Å²) in [5, 5.41) is 6.12. The molecule has 6 aromatic rings. The van der Waals surface area contributed by atoms with Crippen molar-refractivity contribution in [2.24, 2.45) is 0 Å². The Labute approximate surface area is 326 Å². The Balaban J connectivity index is 0.000000208. The third-order valence-corrected chi connectivity index (χ3v) is 8.84. The summed E-state index contributed by atoms with van der Waals surface area (Å²) >= 11 is 6.89. The number of nitrogens with zero attached hydrogens (tertiary/aromatic N) is 2. The van der Waals surface area contributed by atoms with Crippen LogP contribution in [0.25, 0.3) is 34.4 Å². The minimum absolute atomic E-state index is 0.00835. The molecule has 6 rings (SSSR count). The Morgan fingerprint density at radius 3 is 1.28 bits per heavy atom. The van der Waals surface area contributed by atoms with Gasteiger partial charge in [0.15, 0.2) is 22.6 Å². The smallest absolute Gasteiger partial charge is 0.362 e. The van der Waals surface area contributed by atoms with Crippen LogP contribution in [0.5, 0.6) is 0 Å². The number of aromatic nitrogens is 2. The number of hydrogen-bond acceptors (Lipinski definition) is 12. The molecule has 0 saturated heterocycles. The number of nitrogens with one attached hydrogen (secondary N) is 2. The van der Waals surface area contributed by atoms with Gasteiger partial charge in [-0.2, -0.15) is 0 Å². The van der Waals surface area contributed by atoms with E-state index in [-0.39, 0.29) is 22.8 Å². The number of para-hydroxylation sites is 4. The van der Waals surface area contributed by atoms with Crippen LogP contribution in [0, 0.1) is 27.7 Å². The zero-order chi connectivity index (χ0) is 39.1. The molecule has 4 aromatic carbocycles. The standard InChI is InChI=1S/2C20H17BrN2O4/c2*1-11-8-13(21)9-12(2)18(11)23-15(19(24)26-3)10-16-20(25)27-17-7-5-4-6-14(17)22-16/h2*4-10,23H,1-3H3/b2*15-10-. The Kier molecular flexibility index (Phi) is 12.6. The Morgan fingerprint density at radius 1 is 0.611 bits per heavy atom. The molecule has 0 aliphatic carbocycles. The lowest BCUT2D eigenvalue weighted by Crippen LogP contribution is -2.16. The van der Waals surface area contributed by atoms with Gasteiger partial charge in [-0.25, -0.2) is 29.1 Å². The van der Waals surface area contributed by atoms with Crippen molar-refractivity contribution in [3.63, 3.8) is 0 Å². The summed E-state index contributed by atoms with van der Waals surface area (Å²) < 4.78 is 22.1. The molecule has 12 nitrogen and oxygen atoms in total. The van der Waals surface area contributed by atoms with Crippen LogP contribution < -0.4 is 21.9 Å². The Morgan fingerprint density at radius 2 is 0.944 bits per heavy atom. The van der Waals surface area contributed by atoms with Crippen molar-refractivity contribution >= 4 is 89.5 Å². The van der Waals surface area contributed by atoms with Gasteiger partial charge >= 0.3 is 23.2 Å². The van der Waals surface area contributed by atoms with Crippen LogP contribution in [0.4, 0.5) is 11.4 Å². The van der Waals surface area contributed by atoms with Crippen LogP contribution >= 0.6 is 31.9 Å². The second kappa shape index (κ2) is 17.3. The summed E-state index contributed by atoms with van der Waals surface area (Å²) in [6, 6.07) is 21.5. The zero-order valence-electron chi connectivity index (χ0n) is 30.0. The van der Waals surface area contributed by atoms with E-state index in [4.69, 9.17) is 18.3 Å². The van der Waals surface area contributed by atoms with Crippen LogP contribution in [0.1, 0.15) is 33.6 Å². The molecule has 0 amide bonds. The quantitative estimate of drug-likeness (QED) is 0.111. The van der Waals surface area contributed by atoms with Crippen LogP contribution in [0.15, 0.2) is 112 Å². The summed E-state index contributed by atoms with van der Waals surface area (Å²) in [6.07, 6.45) is 2.68. The number of rotatable bonds is 8. The molecule has 0 aliphatic heterocycles. The van der Waals surface area contributed by atoms with E-state index in [0.29, 0.717) is 22.2 Å². The van der Waals surface area contributed by atoms with E-state index in [1.54, 1.807) is 48.5 Å². The minimum Gasteiger partial charge on any atom is -0.464 e. The molecule has 276 valence electrons. The van der Waals surface area contributed by atoms with Crippen molar-refractivity contribution in [3.8, 4) is 0 Å². The van der Waals surface area contributed by atoms with Crippen molar-refractivity contribution in [1.29, 1.82) is 0 Å². The topological polar surface area (TPSA) is 163 Å². The fourth-order valence-corrected chi connectivity index (χ4v) is 6.75. The first-order valence-corrected chi connectivity index (χ1v) is 17.8. The average Bonchev–Trinajstić information content (AvgIpc) is 3.13. The first kappa shape index (κ1) is 39.3. The molecule has 2 aromatic heterocycles. The number of aryl methyl sites for hydroxylation is 4. The lowest BCUT2D eigenvalue weighted by molar-refractivity contribution is -0.136. The highest BCUT2D eigenvalue weighted by molar-refractivity contribution is 9.10. The molecular weight excluding hydrogens is 824 g/mol. The van der Waals surface area contributed by atoms with E-state index in [0.717, 1.165) is 42.6 Å². The zero-order valence-corrected chi connectivity index (χ0v) is 33.2. The lowest BCUT2D eigenvalue weighted by Gasteiger charge is -2.15. The highest BCUT2D eigenvalue weighted by Crippen LogP contribution is 2.28. The fourth-order valence-electron chi connectivity index (χ4n) is 5.38. The first-order valence-electron chi connectivity index (χ1n) is 16.2. The van der Waals surface area contributed by atoms with E-state index >= 15 is 0 Å². The summed E-state index contributed by atoms with van der Waals surface area (Å²) in [6.45, 7) is 7.66. The molecule has 0 radical (unpaired) electrons. The number of fused-ring (bicyclic) bond motifs is 2. The monoisotopic (exact) mass is 856 g/mol. The summed E-state index contributed by atoms with van der Waals surface area (Å²) in [7, 11) is 2.55. The number of carbonyl (C=O) groups excluding carboxylic acids is 2. The molecule has 0 spiro atoms. The van der Waals surface area contributed by atoms with Crippen LogP contribution in [0.2, 0.25) is 0 Å². The van der Waals surface area contributed by atoms with E-state index in [2.05, 4.69) is 52.5 Å². The maximum atomic E-state index is 12.3. The molecule has 2 N–H and O–H groups in total. The van der Waals surface area contributed by atoms with Gasteiger partial charge in [0, 0.05) is 32.5 Å². The summed E-state index contributed by atoms with van der Waals surface area (Å²) in [5.41, 5.74) is 5.91. The van der Waals surface area contributed by atoms with Gasteiger partial charge in [-0.1, -0.05) is 56.1 Å². The first-order chi connectivity index (χ1) is 25.8. The third-order valence-electron chi connectivity index (χ3n) is 7.92. The normalized spacial score (nSPS) is 11.5. The number of halogens is 2. The van der Waals surface area contributed by atoms with Gasteiger partial charge in [0.25, 0.3) is 0 Å². The molecule has 0 aliphatic rings. The van der Waals surface area contributed by atoms with Crippen molar-refractivity contribution in [3.05, 3.63) is 148 Å². The van der Waals surface area contributed by atoms with Gasteiger partial charge in [-0.15, -0.1) is 0 Å². The van der Waals surface area contributed by atoms with Crippen molar-refractivity contribution < 1.29 is 27.9 Å². The highest BCUT2D eigenvalue weighted by atomic mass is 79.9. The van der Waals surface area contributed by atoms with E-state index in [1.165, 1.54) is 26.4 Å². The molecular formula is C40H34Br2N4O8. The molecule has 0 saturated carbocycles. The number of hydrogen-bond donors (Lipinski definition) is 2. The molecule has 0 atom stereocenters. The highest BCUT2D eigenvalue weighted by Gasteiger charge is 2.18. The van der Waals surface area contributed by atoms with Gasteiger partial charge in [0.2, 0.25) is 0 Å². The SMILES string of the molecule is COC(=O)/C(=C/c1nc2ccccc2oc1=O)Nc1c(C)cc(Br)cc1C.COC(=O)/C(=C/c1nc2ccccc2oc1=O)Nc1c(C)cc(Br)cc1C. The largest absolute Gasteiger partial charge is 0.464 e. The van der Waals surface area contributed by atoms with E-state index in [9.17, 15) is 19.2 Å². The Bertz CT molecular complexity index is 2370. The van der Waals surface area contributed by atoms with Crippen LogP contribution in [-0.2, 0) is 19.1 Å². The predicted molar refractivity (Wildman–Crippen MR) is 215 cm³/mol. The lowest BCUT2D eigenvalue weighted by atomic mass is 10.1. The fraction of sp³-hybridized carbons (Fsp3) is 0.150. The number of methoxy groups -OCH3 is 2. The predicted octanol–water partition coefficient (Wildman–Crippen LogP) is 8.39. The third kappa shape index (κ3) is 9.38. The molecule has 0 fully saturated rings. The molecule has 54 heavy (non-hydrogen) atoms. The van der Waals surface area contributed by atoms with Crippen LogP contribution in [-0.4, -0.2) is 36.1 Å². The molecule has 2 heterocycles. The molecule has 0 unspecified atom stereocenters. The van der Waals surface area contributed by atoms with Gasteiger partial charge < -0.3 is 28.9 Å². The van der Waals surface area contributed by atoms with E-state index in [1.807, 2.05) is 52.0 Å². The minimum atomic E-state index is -0.638. The van der Waals surface area contributed by atoms with Crippen molar-refractivity contribution in [1.82, 2.24) is 9.97 Å².